The summed E-state index contributed by atoms with van der Waals surface area (Å²) in [7, 11) is 0. The van der Waals surface area contributed by atoms with Crippen molar-refractivity contribution >= 4 is 17.1 Å². The average Bonchev–Trinajstić information content (AvgIpc) is 3.24. The van der Waals surface area contributed by atoms with E-state index in [1.807, 2.05) is 18.3 Å². The molecular weight excluding hydrogens is 695 g/mol. The smallest absolute Gasteiger partial charge is 0.165 e. The molecule has 0 aliphatic heterocycles. The molecule has 0 spiro atoms. The van der Waals surface area contributed by atoms with Gasteiger partial charge in [0.25, 0.3) is 0 Å². The Kier molecular flexibility index (Phi) is 10.1. The number of hydrogen-bond acceptors (Lipinski definition) is 5. The molecular formula is C52H47N5. The molecule has 0 aliphatic carbocycles. The first-order valence-corrected chi connectivity index (χ1v) is 19.6. The Morgan fingerprint density at radius 1 is 0.351 bits per heavy atom. The Morgan fingerprint density at radius 2 is 0.772 bits per heavy atom. The normalized spacial score (nSPS) is 11.7. The van der Waals surface area contributed by atoms with Gasteiger partial charge in [-0.05, 0) is 87.7 Å². The lowest BCUT2D eigenvalue weighted by molar-refractivity contribution is 0.590. The van der Waals surface area contributed by atoms with Crippen molar-refractivity contribution in [3.05, 3.63) is 187 Å². The third-order valence-corrected chi connectivity index (χ3v) is 10.3. The standard InChI is InChI=1S/C52H47N5/c1-51(2,3)42-27-20-37(21-28-42)48-54-49(38-22-29-43(30-23-38)52(4,5)6)56-50(55-48)41-26-33-47(53-35-41)40-15-13-14-39(34-40)36-24-31-46(32-25-36)57(44-16-9-7-10-17-44)45-18-11-8-12-19-45/h7-35H,1-6H3. The highest BCUT2D eigenvalue weighted by molar-refractivity contribution is 5.79. The maximum Gasteiger partial charge on any atom is 0.165 e. The van der Waals surface area contributed by atoms with Crippen molar-refractivity contribution in [1.29, 1.82) is 0 Å². The number of hydrogen-bond donors (Lipinski definition) is 0. The summed E-state index contributed by atoms with van der Waals surface area (Å²) >= 11 is 0. The van der Waals surface area contributed by atoms with Crippen LogP contribution in [0, 0.1) is 0 Å². The van der Waals surface area contributed by atoms with Crippen LogP contribution in [0.5, 0.6) is 0 Å². The molecule has 0 saturated heterocycles. The van der Waals surface area contributed by atoms with Crippen LogP contribution in [0.3, 0.4) is 0 Å². The minimum Gasteiger partial charge on any atom is -0.311 e. The molecule has 0 bridgehead atoms. The first kappa shape index (κ1) is 37.2. The molecule has 0 fully saturated rings. The SMILES string of the molecule is CC(C)(C)c1ccc(-c2nc(-c3ccc(C(C)(C)C)cc3)nc(-c3ccc(-c4cccc(-c5ccc(N(c6ccccc6)c6ccccc6)cc5)c4)nc3)n2)cc1. The Morgan fingerprint density at radius 3 is 1.23 bits per heavy atom. The molecule has 5 nitrogen and oxygen atoms in total. The summed E-state index contributed by atoms with van der Waals surface area (Å²) < 4.78 is 0. The van der Waals surface area contributed by atoms with E-state index < -0.39 is 0 Å². The zero-order valence-corrected chi connectivity index (χ0v) is 33.5. The quantitative estimate of drug-likeness (QED) is 0.155. The Bertz CT molecular complexity index is 2470. The Labute approximate surface area is 336 Å². The van der Waals surface area contributed by atoms with Crippen LogP contribution in [0.1, 0.15) is 52.7 Å². The van der Waals surface area contributed by atoms with Gasteiger partial charge in [-0.1, -0.05) is 157 Å². The molecule has 2 aromatic heterocycles. The monoisotopic (exact) mass is 741 g/mol. The second-order valence-corrected chi connectivity index (χ2v) is 16.5. The van der Waals surface area contributed by atoms with Crippen LogP contribution < -0.4 is 4.90 Å². The zero-order chi connectivity index (χ0) is 39.6. The highest BCUT2D eigenvalue weighted by Crippen LogP contribution is 2.36. The minimum atomic E-state index is 0.0489. The number of rotatable bonds is 8. The van der Waals surface area contributed by atoms with Crippen molar-refractivity contribution in [2.24, 2.45) is 0 Å². The molecule has 0 atom stereocenters. The topological polar surface area (TPSA) is 54.8 Å². The van der Waals surface area contributed by atoms with E-state index in [9.17, 15) is 0 Å². The molecule has 0 aliphatic rings. The van der Waals surface area contributed by atoms with E-state index in [2.05, 4.69) is 204 Å². The van der Waals surface area contributed by atoms with Crippen LogP contribution in [-0.2, 0) is 10.8 Å². The Hall–Kier alpha value is -6.72. The van der Waals surface area contributed by atoms with Gasteiger partial charge in [0.05, 0.1) is 5.69 Å². The number of anilines is 3. The van der Waals surface area contributed by atoms with Crippen LogP contribution >= 0.6 is 0 Å². The van der Waals surface area contributed by atoms with E-state index >= 15 is 0 Å². The van der Waals surface area contributed by atoms with Gasteiger partial charge in [0.1, 0.15) is 0 Å². The fraction of sp³-hybridized carbons (Fsp3) is 0.154. The molecule has 6 aromatic carbocycles. The van der Waals surface area contributed by atoms with Crippen LogP contribution in [0.2, 0.25) is 0 Å². The molecule has 0 saturated carbocycles. The fourth-order valence-electron chi connectivity index (χ4n) is 6.96. The van der Waals surface area contributed by atoms with E-state index in [1.54, 1.807) is 0 Å². The molecule has 0 amide bonds. The Balaban J connectivity index is 1.09. The van der Waals surface area contributed by atoms with Gasteiger partial charge in [0.2, 0.25) is 0 Å². The minimum absolute atomic E-state index is 0.0489. The van der Waals surface area contributed by atoms with Gasteiger partial charge in [-0.3, -0.25) is 4.98 Å². The summed E-state index contributed by atoms with van der Waals surface area (Å²) in [6, 6.07) is 59.4. The van der Waals surface area contributed by atoms with Crippen molar-refractivity contribution in [2.75, 3.05) is 4.90 Å². The number of nitrogens with zero attached hydrogens (tertiary/aromatic N) is 5. The van der Waals surface area contributed by atoms with Gasteiger partial charge in [-0.25, -0.2) is 15.0 Å². The van der Waals surface area contributed by atoms with Crippen molar-refractivity contribution in [3.8, 4) is 56.5 Å². The van der Waals surface area contributed by atoms with Crippen molar-refractivity contribution < 1.29 is 0 Å². The molecule has 0 N–H and O–H groups in total. The number of para-hydroxylation sites is 2. The molecule has 8 aromatic rings. The van der Waals surface area contributed by atoms with Gasteiger partial charge >= 0.3 is 0 Å². The maximum atomic E-state index is 5.00. The van der Waals surface area contributed by atoms with E-state index in [-0.39, 0.29) is 10.8 Å². The molecule has 280 valence electrons. The molecule has 0 unspecified atom stereocenters. The van der Waals surface area contributed by atoms with Gasteiger partial charge in [-0.2, -0.15) is 0 Å². The van der Waals surface area contributed by atoms with Crippen LogP contribution in [-0.4, -0.2) is 19.9 Å². The van der Waals surface area contributed by atoms with E-state index in [0.717, 1.165) is 56.1 Å². The van der Waals surface area contributed by atoms with E-state index in [0.29, 0.717) is 17.5 Å². The highest BCUT2D eigenvalue weighted by Gasteiger charge is 2.18. The second-order valence-electron chi connectivity index (χ2n) is 16.5. The zero-order valence-electron chi connectivity index (χ0n) is 33.5. The van der Waals surface area contributed by atoms with Crippen LogP contribution in [0.25, 0.3) is 56.5 Å². The lowest BCUT2D eigenvalue weighted by Crippen LogP contribution is -2.10. The molecule has 8 rings (SSSR count). The third-order valence-electron chi connectivity index (χ3n) is 10.3. The van der Waals surface area contributed by atoms with Gasteiger partial charge in [0, 0.05) is 45.5 Å². The first-order valence-electron chi connectivity index (χ1n) is 19.6. The van der Waals surface area contributed by atoms with E-state index in [1.165, 1.54) is 11.1 Å². The van der Waals surface area contributed by atoms with Crippen molar-refractivity contribution in [1.82, 2.24) is 19.9 Å². The van der Waals surface area contributed by atoms with Crippen molar-refractivity contribution in [2.45, 2.75) is 52.4 Å². The predicted octanol–water partition coefficient (Wildman–Crippen LogP) is 13.7. The van der Waals surface area contributed by atoms with Crippen LogP contribution in [0.15, 0.2) is 176 Å². The van der Waals surface area contributed by atoms with Crippen molar-refractivity contribution in [3.63, 3.8) is 0 Å². The average molecular weight is 742 g/mol. The van der Waals surface area contributed by atoms with Crippen LogP contribution in [0.4, 0.5) is 17.1 Å². The number of aromatic nitrogens is 4. The largest absolute Gasteiger partial charge is 0.311 e. The lowest BCUT2D eigenvalue weighted by Gasteiger charge is -2.25. The first-order chi connectivity index (χ1) is 27.5. The molecule has 2 heterocycles. The molecule has 5 heteroatoms. The summed E-state index contributed by atoms with van der Waals surface area (Å²) in [4.78, 5) is 22.2. The lowest BCUT2D eigenvalue weighted by atomic mass is 9.86. The second kappa shape index (κ2) is 15.4. The summed E-state index contributed by atoms with van der Waals surface area (Å²) in [5, 5.41) is 0. The van der Waals surface area contributed by atoms with E-state index in [4.69, 9.17) is 19.9 Å². The van der Waals surface area contributed by atoms with Gasteiger partial charge < -0.3 is 4.90 Å². The number of pyridine rings is 1. The fourth-order valence-corrected chi connectivity index (χ4v) is 6.96. The summed E-state index contributed by atoms with van der Waals surface area (Å²) in [6.07, 6.45) is 1.87. The number of benzene rings is 6. The third kappa shape index (κ3) is 8.29. The highest BCUT2D eigenvalue weighted by atomic mass is 15.1. The molecule has 0 radical (unpaired) electrons. The predicted molar refractivity (Wildman–Crippen MR) is 237 cm³/mol. The summed E-state index contributed by atoms with van der Waals surface area (Å²) in [5.74, 6) is 1.85. The van der Waals surface area contributed by atoms with Gasteiger partial charge in [0.15, 0.2) is 17.5 Å². The van der Waals surface area contributed by atoms with Gasteiger partial charge in [-0.15, -0.1) is 0 Å². The summed E-state index contributed by atoms with van der Waals surface area (Å²) in [5.41, 5.74) is 12.8. The summed E-state index contributed by atoms with van der Waals surface area (Å²) in [6.45, 7) is 13.3. The molecule has 57 heavy (non-hydrogen) atoms. The maximum absolute atomic E-state index is 5.00.